The van der Waals surface area contributed by atoms with E-state index in [4.69, 9.17) is 5.11 Å². The number of fused-ring (bicyclic) bond motifs is 1. The molecule has 0 radical (unpaired) electrons. The molecule has 2 aliphatic rings. The Morgan fingerprint density at radius 2 is 2.20 bits per heavy atom. The topological polar surface area (TPSA) is 40.5 Å². The van der Waals surface area contributed by atoms with Gasteiger partial charge in [-0.2, -0.15) is 0 Å². The van der Waals surface area contributed by atoms with E-state index >= 15 is 0 Å². The van der Waals surface area contributed by atoms with Gasteiger partial charge in [-0.25, -0.2) is 4.79 Å². The van der Waals surface area contributed by atoms with Crippen LogP contribution in [0.5, 0.6) is 0 Å². The highest BCUT2D eigenvalue weighted by molar-refractivity contribution is 5.66. The van der Waals surface area contributed by atoms with E-state index < -0.39 is 6.09 Å². The average Bonchev–Trinajstić information content (AvgIpc) is 2.07. The summed E-state index contributed by atoms with van der Waals surface area (Å²) in [6.45, 7) is 0.769. The van der Waals surface area contributed by atoms with Gasteiger partial charge in [0.05, 0.1) is 0 Å². The summed E-state index contributed by atoms with van der Waals surface area (Å²) >= 11 is 0. The summed E-state index contributed by atoms with van der Waals surface area (Å²) in [4.78, 5) is 12.1. The van der Waals surface area contributed by atoms with Crippen LogP contribution in [0.25, 0.3) is 0 Å². The quantitative estimate of drug-likeness (QED) is 0.549. The first kappa shape index (κ1) is 6.01. The van der Waals surface area contributed by atoms with Crippen LogP contribution in [-0.4, -0.2) is 28.7 Å². The Balaban J connectivity index is 2.05. The largest absolute Gasteiger partial charge is 0.465 e. The Labute approximate surface area is 59.6 Å². The van der Waals surface area contributed by atoms with Gasteiger partial charge in [0.15, 0.2) is 0 Å². The Morgan fingerprint density at radius 3 is 2.50 bits per heavy atom. The van der Waals surface area contributed by atoms with Crippen LogP contribution < -0.4 is 0 Å². The molecular weight excluding hydrogens is 130 g/mol. The minimum absolute atomic E-state index is 0.387. The molecule has 0 aromatic rings. The van der Waals surface area contributed by atoms with E-state index in [-0.39, 0.29) is 0 Å². The maximum atomic E-state index is 10.5. The summed E-state index contributed by atoms with van der Waals surface area (Å²) in [5, 5.41) is 8.66. The lowest BCUT2D eigenvalue weighted by Crippen LogP contribution is -2.41. The number of rotatable bonds is 0. The number of nitrogens with zero attached hydrogens (tertiary/aromatic N) is 1. The van der Waals surface area contributed by atoms with Crippen molar-refractivity contribution in [1.29, 1.82) is 0 Å². The highest BCUT2D eigenvalue weighted by atomic mass is 16.4. The predicted molar refractivity (Wildman–Crippen MR) is 35.9 cm³/mol. The molecule has 1 amide bonds. The van der Waals surface area contributed by atoms with Gasteiger partial charge in [0.25, 0.3) is 0 Å². The lowest BCUT2D eigenvalue weighted by molar-refractivity contribution is 0.108. The van der Waals surface area contributed by atoms with Crippen molar-refractivity contribution in [3.05, 3.63) is 0 Å². The molecule has 2 rings (SSSR count). The molecular formula is C7H11NO2. The highest BCUT2D eigenvalue weighted by Crippen LogP contribution is 2.39. The first-order valence-corrected chi connectivity index (χ1v) is 3.78. The van der Waals surface area contributed by atoms with Gasteiger partial charge >= 0.3 is 6.09 Å². The lowest BCUT2D eigenvalue weighted by Gasteiger charge is -2.34. The van der Waals surface area contributed by atoms with Crippen molar-refractivity contribution in [2.45, 2.75) is 25.3 Å². The summed E-state index contributed by atoms with van der Waals surface area (Å²) in [6, 6.07) is 0.387. The molecule has 2 atom stereocenters. The van der Waals surface area contributed by atoms with E-state index in [9.17, 15) is 4.79 Å². The number of carboxylic acid groups (broad SMARTS) is 1. The molecule has 3 heteroatoms. The monoisotopic (exact) mass is 141 g/mol. The molecule has 2 fully saturated rings. The van der Waals surface area contributed by atoms with E-state index in [1.807, 2.05) is 0 Å². The SMILES string of the molecule is O=C(O)N1CCC2CCC21. The molecule has 0 bridgehead atoms. The normalized spacial score (nSPS) is 37.0. The zero-order valence-corrected chi connectivity index (χ0v) is 5.79. The van der Waals surface area contributed by atoms with Gasteiger partial charge in [-0.1, -0.05) is 0 Å². The number of hydrogen-bond acceptors (Lipinski definition) is 1. The van der Waals surface area contributed by atoms with Gasteiger partial charge in [0.1, 0.15) is 0 Å². The van der Waals surface area contributed by atoms with Crippen LogP contribution in [0.3, 0.4) is 0 Å². The first-order valence-electron chi connectivity index (χ1n) is 3.78. The summed E-state index contributed by atoms with van der Waals surface area (Å²) in [6.07, 6.45) is 2.70. The third-order valence-corrected chi connectivity index (χ3v) is 2.76. The second kappa shape index (κ2) is 1.87. The molecule has 0 aromatic heterocycles. The molecule has 1 saturated carbocycles. The van der Waals surface area contributed by atoms with Crippen LogP contribution in [-0.2, 0) is 0 Å². The minimum atomic E-state index is -0.729. The van der Waals surface area contributed by atoms with Gasteiger partial charge in [-0.05, 0) is 25.2 Å². The number of carbonyl (C=O) groups is 1. The third kappa shape index (κ3) is 0.632. The van der Waals surface area contributed by atoms with Crippen LogP contribution in [0, 0.1) is 5.92 Å². The van der Waals surface area contributed by atoms with Gasteiger partial charge in [0, 0.05) is 12.6 Å². The average molecular weight is 141 g/mol. The fourth-order valence-electron chi connectivity index (χ4n) is 2.01. The van der Waals surface area contributed by atoms with Gasteiger partial charge in [-0.15, -0.1) is 0 Å². The van der Waals surface area contributed by atoms with Crippen molar-refractivity contribution < 1.29 is 9.90 Å². The molecule has 3 nitrogen and oxygen atoms in total. The van der Waals surface area contributed by atoms with E-state index in [0.717, 1.165) is 19.4 Å². The number of hydrogen-bond donors (Lipinski definition) is 1. The van der Waals surface area contributed by atoms with E-state index in [1.54, 1.807) is 4.90 Å². The molecule has 2 unspecified atom stereocenters. The Morgan fingerprint density at radius 1 is 1.40 bits per heavy atom. The second-order valence-corrected chi connectivity index (χ2v) is 3.17. The standard InChI is InChI=1S/C7H11NO2/c9-7(10)8-4-3-5-1-2-6(5)8/h5-6H,1-4H2,(H,9,10). The van der Waals surface area contributed by atoms with Crippen LogP contribution in [0.2, 0.25) is 0 Å². The number of likely N-dealkylation sites (tertiary alicyclic amines) is 1. The zero-order chi connectivity index (χ0) is 7.14. The second-order valence-electron chi connectivity index (χ2n) is 3.17. The molecule has 0 spiro atoms. The summed E-state index contributed by atoms with van der Waals surface area (Å²) in [5.41, 5.74) is 0. The van der Waals surface area contributed by atoms with Crippen molar-refractivity contribution in [1.82, 2.24) is 4.90 Å². The zero-order valence-electron chi connectivity index (χ0n) is 5.79. The summed E-state index contributed by atoms with van der Waals surface area (Å²) < 4.78 is 0. The van der Waals surface area contributed by atoms with Gasteiger partial charge < -0.3 is 10.0 Å². The fourth-order valence-corrected chi connectivity index (χ4v) is 2.01. The molecule has 1 aliphatic heterocycles. The maximum absolute atomic E-state index is 10.5. The molecule has 1 aliphatic carbocycles. The molecule has 56 valence electrons. The highest BCUT2D eigenvalue weighted by Gasteiger charge is 2.42. The van der Waals surface area contributed by atoms with Gasteiger partial charge in [0.2, 0.25) is 0 Å². The Hall–Kier alpha value is -0.730. The van der Waals surface area contributed by atoms with E-state index in [2.05, 4.69) is 0 Å². The van der Waals surface area contributed by atoms with Crippen molar-refractivity contribution in [3.8, 4) is 0 Å². The Bertz CT molecular complexity index is 169. The summed E-state index contributed by atoms with van der Waals surface area (Å²) in [7, 11) is 0. The maximum Gasteiger partial charge on any atom is 0.407 e. The smallest absolute Gasteiger partial charge is 0.407 e. The van der Waals surface area contributed by atoms with Crippen molar-refractivity contribution >= 4 is 6.09 Å². The van der Waals surface area contributed by atoms with E-state index in [1.165, 1.54) is 6.42 Å². The van der Waals surface area contributed by atoms with Crippen LogP contribution >= 0.6 is 0 Å². The van der Waals surface area contributed by atoms with Crippen LogP contribution in [0.4, 0.5) is 4.79 Å². The molecule has 1 N–H and O–H groups in total. The first-order chi connectivity index (χ1) is 4.79. The molecule has 1 heterocycles. The fraction of sp³-hybridized carbons (Fsp3) is 0.857. The lowest BCUT2D eigenvalue weighted by atomic mass is 9.80. The number of amides is 1. The minimum Gasteiger partial charge on any atom is -0.465 e. The van der Waals surface area contributed by atoms with Gasteiger partial charge in [-0.3, -0.25) is 0 Å². The van der Waals surface area contributed by atoms with Crippen LogP contribution in [0.15, 0.2) is 0 Å². The third-order valence-electron chi connectivity index (χ3n) is 2.76. The molecule has 0 aromatic carbocycles. The van der Waals surface area contributed by atoms with Crippen molar-refractivity contribution in [2.24, 2.45) is 5.92 Å². The predicted octanol–water partition coefficient (Wildman–Crippen LogP) is 1.15. The van der Waals surface area contributed by atoms with E-state index in [0.29, 0.717) is 12.0 Å². The summed E-state index contributed by atoms with van der Waals surface area (Å²) in [5.74, 6) is 0.705. The molecule has 1 saturated heterocycles. The van der Waals surface area contributed by atoms with Crippen molar-refractivity contribution in [3.63, 3.8) is 0 Å². The van der Waals surface area contributed by atoms with Crippen LogP contribution in [0.1, 0.15) is 19.3 Å². The van der Waals surface area contributed by atoms with Crippen molar-refractivity contribution in [2.75, 3.05) is 6.54 Å². The molecule has 10 heavy (non-hydrogen) atoms. The Kier molecular flexibility index (Phi) is 1.13.